The molecule has 0 radical (unpaired) electrons. The van der Waals surface area contributed by atoms with Crippen molar-refractivity contribution in [1.29, 1.82) is 0 Å². The summed E-state index contributed by atoms with van der Waals surface area (Å²) in [5.74, 6) is 2.32. The monoisotopic (exact) mass is 282 g/mol. The van der Waals surface area contributed by atoms with Crippen molar-refractivity contribution in [2.75, 3.05) is 11.9 Å². The fourth-order valence-corrected chi connectivity index (χ4v) is 2.34. The molecule has 0 aliphatic carbocycles. The summed E-state index contributed by atoms with van der Waals surface area (Å²) in [5.41, 5.74) is 2.29. The Morgan fingerprint density at radius 3 is 2.57 bits per heavy atom. The number of hydrogen-bond donors (Lipinski definition) is 0. The molecule has 0 N–H and O–H groups in total. The van der Waals surface area contributed by atoms with Gasteiger partial charge in [0.05, 0.1) is 0 Å². The molecule has 0 unspecified atom stereocenters. The van der Waals surface area contributed by atoms with Gasteiger partial charge < -0.3 is 9.47 Å². The molecule has 6 heteroatoms. The number of aromatic nitrogens is 5. The summed E-state index contributed by atoms with van der Waals surface area (Å²) in [6.07, 6.45) is 3.65. The topological polar surface area (TPSA) is 51.8 Å². The van der Waals surface area contributed by atoms with Crippen LogP contribution in [0.1, 0.15) is 5.56 Å². The molecule has 0 amide bonds. The molecule has 2 aromatic heterocycles. The van der Waals surface area contributed by atoms with Crippen molar-refractivity contribution in [3.63, 3.8) is 0 Å². The van der Waals surface area contributed by atoms with Crippen molar-refractivity contribution in [3.8, 4) is 11.6 Å². The number of anilines is 2. The predicted octanol–water partition coefficient (Wildman–Crippen LogP) is 2.29. The van der Waals surface area contributed by atoms with Crippen molar-refractivity contribution in [3.05, 3.63) is 42.2 Å². The average Bonchev–Trinajstić information content (AvgIpc) is 3.04. The van der Waals surface area contributed by atoms with E-state index < -0.39 is 0 Å². The predicted molar refractivity (Wildman–Crippen MR) is 82.4 cm³/mol. The van der Waals surface area contributed by atoms with Crippen molar-refractivity contribution in [2.45, 2.75) is 6.92 Å². The molecule has 0 saturated carbocycles. The Hall–Kier alpha value is -2.63. The largest absolute Gasteiger partial charge is 0.331 e. The van der Waals surface area contributed by atoms with E-state index in [9.17, 15) is 0 Å². The van der Waals surface area contributed by atoms with Crippen LogP contribution in [-0.2, 0) is 14.1 Å². The van der Waals surface area contributed by atoms with Crippen molar-refractivity contribution >= 4 is 11.6 Å². The second kappa shape index (κ2) is 5.05. The molecule has 21 heavy (non-hydrogen) atoms. The van der Waals surface area contributed by atoms with Crippen LogP contribution in [0.25, 0.3) is 11.6 Å². The van der Waals surface area contributed by atoms with Crippen LogP contribution in [0.5, 0.6) is 0 Å². The minimum absolute atomic E-state index is 0.747. The minimum Gasteiger partial charge on any atom is -0.331 e. The highest BCUT2D eigenvalue weighted by atomic mass is 15.4. The first-order valence-corrected chi connectivity index (χ1v) is 6.75. The van der Waals surface area contributed by atoms with E-state index in [1.807, 2.05) is 47.4 Å². The second-order valence-electron chi connectivity index (χ2n) is 5.14. The first kappa shape index (κ1) is 13.4. The molecular weight excluding hydrogens is 264 g/mol. The highest BCUT2D eigenvalue weighted by Crippen LogP contribution is 2.25. The Labute approximate surface area is 123 Å². The van der Waals surface area contributed by atoms with Gasteiger partial charge in [-0.3, -0.25) is 4.57 Å². The van der Waals surface area contributed by atoms with E-state index in [1.54, 1.807) is 6.20 Å². The third kappa shape index (κ3) is 2.29. The zero-order valence-corrected chi connectivity index (χ0v) is 12.6. The van der Waals surface area contributed by atoms with Crippen LogP contribution in [0.2, 0.25) is 0 Å². The number of hydrogen-bond acceptors (Lipinski definition) is 4. The fourth-order valence-electron chi connectivity index (χ4n) is 2.34. The third-order valence-electron chi connectivity index (χ3n) is 3.56. The maximum absolute atomic E-state index is 4.33. The fraction of sp³-hybridized carbons (Fsp3) is 0.267. The summed E-state index contributed by atoms with van der Waals surface area (Å²) >= 11 is 0. The lowest BCUT2D eigenvalue weighted by Crippen LogP contribution is -2.15. The molecule has 0 saturated heterocycles. The standard InChI is InChI=1S/C15H18N6/c1-11-6-5-7-12(10-11)20(3)15-18-17-14(21(15)4)13-16-8-9-19(13)2/h5-10H,1-4H3. The van der Waals surface area contributed by atoms with Crippen molar-refractivity contribution in [2.24, 2.45) is 14.1 Å². The number of aryl methyl sites for hydroxylation is 2. The van der Waals surface area contributed by atoms with Gasteiger partial charge in [0, 0.05) is 39.2 Å². The minimum atomic E-state index is 0.747. The van der Waals surface area contributed by atoms with Gasteiger partial charge in [0.15, 0.2) is 5.82 Å². The van der Waals surface area contributed by atoms with Gasteiger partial charge in [-0.05, 0) is 24.6 Å². The molecule has 0 atom stereocenters. The number of benzene rings is 1. The maximum Gasteiger partial charge on any atom is 0.231 e. The zero-order valence-electron chi connectivity index (χ0n) is 12.6. The van der Waals surface area contributed by atoms with Crippen LogP contribution in [0.4, 0.5) is 11.6 Å². The Kier molecular flexibility index (Phi) is 3.21. The second-order valence-corrected chi connectivity index (χ2v) is 5.14. The van der Waals surface area contributed by atoms with E-state index in [4.69, 9.17) is 0 Å². The van der Waals surface area contributed by atoms with Crippen molar-refractivity contribution in [1.82, 2.24) is 24.3 Å². The van der Waals surface area contributed by atoms with Gasteiger partial charge in [-0.2, -0.15) is 0 Å². The molecular formula is C15H18N6. The molecule has 6 nitrogen and oxygen atoms in total. The molecule has 0 bridgehead atoms. The number of imidazole rings is 1. The molecule has 108 valence electrons. The SMILES string of the molecule is Cc1cccc(N(C)c2nnc(-c3nccn3C)n2C)c1. The van der Waals surface area contributed by atoms with Gasteiger partial charge in [0.1, 0.15) is 0 Å². The van der Waals surface area contributed by atoms with Gasteiger partial charge in [-0.25, -0.2) is 4.98 Å². The maximum atomic E-state index is 4.33. The van der Waals surface area contributed by atoms with Gasteiger partial charge >= 0.3 is 0 Å². The quantitative estimate of drug-likeness (QED) is 0.739. The lowest BCUT2D eigenvalue weighted by Gasteiger charge is -2.18. The summed E-state index contributed by atoms with van der Waals surface area (Å²) in [4.78, 5) is 6.35. The van der Waals surface area contributed by atoms with Gasteiger partial charge in [0.25, 0.3) is 0 Å². The molecule has 2 heterocycles. The molecule has 0 spiro atoms. The van der Waals surface area contributed by atoms with E-state index in [0.29, 0.717) is 0 Å². The Morgan fingerprint density at radius 2 is 1.90 bits per heavy atom. The van der Waals surface area contributed by atoms with Crippen LogP contribution in [0.15, 0.2) is 36.7 Å². The number of rotatable bonds is 3. The molecule has 0 aliphatic rings. The Morgan fingerprint density at radius 1 is 1.10 bits per heavy atom. The molecule has 0 fully saturated rings. The summed E-state index contributed by atoms with van der Waals surface area (Å²) < 4.78 is 3.88. The summed E-state index contributed by atoms with van der Waals surface area (Å²) in [7, 11) is 5.88. The Bertz CT molecular complexity index is 770. The van der Waals surface area contributed by atoms with Crippen LogP contribution in [0, 0.1) is 6.92 Å². The normalized spacial score (nSPS) is 10.9. The smallest absolute Gasteiger partial charge is 0.231 e. The van der Waals surface area contributed by atoms with Crippen molar-refractivity contribution < 1.29 is 0 Å². The molecule has 3 rings (SSSR count). The van der Waals surface area contributed by atoms with E-state index in [0.717, 1.165) is 23.3 Å². The van der Waals surface area contributed by atoms with Crippen LogP contribution in [0.3, 0.4) is 0 Å². The third-order valence-corrected chi connectivity index (χ3v) is 3.56. The van der Waals surface area contributed by atoms with E-state index >= 15 is 0 Å². The molecule has 1 aromatic carbocycles. The number of nitrogens with zero attached hydrogens (tertiary/aromatic N) is 6. The summed E-state index contributed by atoms with van der Waals surface area (Å²) in [6, 6.07) is 8.29. The van der Waals surface area contributed by atoms with Gasteiger partial charge in [-0.1, -0.05) is 12.1 Å². The molecule has 3 aromatic rings. The first-order chi connectivity index (χ1) is 10.1. The average molecular weight is 282 g/mol. The Balaban J connectivity index is 2.01. The molecule has 0 aliphatic heterocycles. The van der Waals surface area contributed by atoms with Crippen LogP contribution < -0.4 is 4.90 Å². The van der Waals surface area contributed by atoms with Crippen LogP contribution >= 0.6 is 0 Å². The highest BCUT2D eigenvalue weighted by Gasteiger charge is 2.17. The van der Waals surface area contributed by atoms with E-state index in [2.05, 4.69) is 40.3 Å². The van der Waals surface area contributed by atoms with E-state index in [-0.39, 0.29) is 0 Å². The first-order valence-electron chi connectivity index (χ1n) is 6.75. The lowest BCUT2D eigenvalue weighted by atomic mass is 10.2. The van der Waals surface area contributed by atoms with Gasteiger partial charge in [-0.15, -0.1) is 10.2 Å². The highest BCUT2D eigenvalue weighted by molar-refractivity contribution is 5.59. The summed E-state index contributed by atoms with van der Waals surface area (Å²) in [6.45, 7) is 2.08. The summed E-state index contributed by atoms with van der Waals surface area (Å²) in [5, 5.41) is 8.58. The van der Waals surface area contributed by atoms with E-state index in [1.165, 1.54) is 5.56 Å². The van der Waals surface area contributed by atoms with Crippen LogP contribution in [-0.4, -0.2) is 31.4 Å². The lowest BCUT2D eigenvalue weighted by molar-refractivity contribution is 0.852. The zero-order chi connectivity index (χ0) is 15.0. The van der Waals surface area contributed by atoms with Gasteiger partial charge in [0.2, 0.25) is 11.8 Å².